The molecule has 0 bridgehead atoms. The second-order valence-corrected chi connectivity index (χ2v) is 5.70. The van der Waals surface area contributed by atoms with E-state index >= 15 is 0 Å². The number of carbonyl (C=O) groups excluding carboxylic acids is 2. The summed E-state index contributed by atoms with van der Waals surface area (Å²) in [6.45, 7) is 2.17. The number of aliphatic imine (C=N–C) groups is 1. The molecule has 0 atom stereocenters. The molecular formula is C16H17FN4O2. The van der Waals surface area contributed by atoms with E-state index in [2.05, 4.69) is 4.99 Å². The van der Waals surface area contributed by atoms with E-state index in [1.807, 2.05) is 0 Å². The standard InChI is InChI=1S/C16H17FN4O2/c1-8-9-7-12(15(23)20-16(18)19)21-5-3-2-4-13(22)10(14(9)21)6-11(8)17/h6-7H,2-5H2,1H3,(H4,18,19,20,23). The van der Waals surface area contributed by atoms with Gasteiger partial charge in [-0.3, -0.25) is 9.59 Å². The van der Waals surface area contributed by atoms with E-state index in [0.29, 0.717) is 41.4 Å². The van der Waals surface area contributed by atoms with E-state index in [9.17, 15) is 14.0 Å². The molecule has 3 rings (SSSR count). The van der Waals surface area contributed by atoms with Crippen LogP contribution in [0.5, 0.6) is 0 Å². The minimum absolute atomic E-state index is 0.117. The van der Waals surface area contributed by atoms with Crippen LogP contribution < -0.4 is 11.5 Å². The van der Waals surface area contributed by atoms with Gasteiger partial charge in [-0.25, -0.2) is 4.39 Å². The molecule has 7 heteroatoms. The first-order valence-electron chi connectivity index (χ1n) is 7.39. The Morgan fingerprint density at radius 2 is 2.04 bits per heavy atom. The van der Waals surface area contributed by atoms with Gasteiger partial charge >= 0.3 is 0 Å². The SMILES string of the molecule is Cc1c(F)cc2c3c1cc(C(=O)N=C(N)N)n3CCCCC2=O. The number of hydrogen-bond donors (Lipinski definition) is 2. The molecule has 0 saturated heterocycles. The molecule has 1 aromatic carbocycles. The third kappa shape index (κ3) is 2.48. The highest BCUT2D eigenvalue weighted by molar-refractivity contribution is 6.11. The molecule has 6 nitrogen and oxygen atoms in total. The van der Waals surface area contributed by atoms with Gasteiger partial charge < -0.3 is 16.0 Å². The van der Waals surface area contributed by atoms with Gasteiger partial charge in [-0.2, -0.15) is 4.99 Å². The van der Waals surface area contributed by atoms with Gasteiger partial charge in [0.25, 0.3) is 5.91 Å². The summed E-state index contributed by atoms with van der Waals surface area (Å²) >= 11 is 0. The topological polar surface area (TPSA) is 103 Å². The van der Waals surface area contributed by atoms with E-state index in [1.165, 1.54) is 6.07 Å². The predicted molar refractivity (Wildman–Crippen MR) is 85.0 cm³/mol. The smallest absolute Gasteiger partial charge is 0.296 e. The average molecular weight is 316 g/mol. The summed E-state index contributed by atoms with van der Waals surface area (Å²) in [4.78, 5) is 28.2. The van der Waals surface area contributed by atoms with Crippen LogP contribution in [0.4, 0.5) is 4.39 Å². The molecule has 1 aliphatic rings. The van der Waals surface area contributed by atoms with Gasteiger partial charge in [-0.15, -0.1) is 0 Å². The predicted octanol–water partition coefficient (Wildman–Crippen LogP) is 1.87. The zero-order valence-corrected chi connectivity index (χ0v) is 12.7. The lowest BCUT2D eigenvalue weighted by atomic mass is 9.98. The first kappa shape index (κ1) is 15.2. The number of nitrogens with zero attached hydrogens (tertiary/aromatic N) is 2. The summed E-state index contributed by atoms with van der Waals surface area (Å²) in [5.41, 5.74) is 12.1. The number of guanidine groups is 1. The van der Waals surface area contributed by atoms with Crippen molar-refractivity contribution in [1.82, 2.24) is 4.57 Å². The maximum absolute atomic E-state index is 14.2. The second kappa shape index (κ2) is 5.49. The number of aryl methyl sites for hydroxylation is 2. The van der Waals surface area contributed by atoms with Crippen molar-refractivity contribution in [1.29, 1.82) is 0 Å². The number of aromatic nitrogens is 1. The molecule has 120 valence electrons. The van der Waals surface area contributed by atoms with Crippen LogP contribution in [0.15, 0.2) is 17.1 Å². The molecule has 23 heavy (non-hydrogen) atoms. The maximum Gasteiger partial charge on any atom is 0.296 e. The molecule has 0 radical (unpaired) electrons. The highest BCUT2D eigenvalue weighted by Gasteiger charge is 2.24. The molecule has 2 aromatic rings. The Labute approximate surface area is 132 Å². The zero-order chi connectivity index (χ0) is 16.7. The lowest BCUT2D eigenvalue weighted by Gasteiger charge is -2.15. The molecule has 4 N–H and O–H groups in total. The van der Waals surface area contributed by atoms with E-state index in [-0.39, 0.29) is 17.4 Å². The quantitative estimate of drug-likeness (QED) is 0.619. The molecule has 0 spiro atoms. The van der Waals surface area contributed by atoms with Crippen LogP contribution in [-0.4, -0.2) is 22.2 Å². The van der Waals surface area contributed by atoms with Gasteiger partial charge in [0.05, 0.1) is 5.52 Å². The number of amides is 1. The second-order valence-electron chi connectivity index (χ2n) is 5.70. The molecule has 2 heterocycles. The highest BCUT2D eigenvalue weighted by Crippen LogP contribution is 2.32. The van der Waals surface area contributed by atoms with Gasteiger partial charge in [0, 0.05) is 23.9 Å². The van der Waals surface area contributed by atoms with E-state index in [1.54, 1.807) is 17.6 Å². The fourth-order valence-electron chi connectivity index (χ4n) is 3.04. The Hall–Kier alpha value is -2.70. The first-order chi connectivity index (χ1) is 10.9. The Morgan fingerprint density at radius 3 is 2.74 bits per heavy atom. The number of carbonyl (C=O) groups is 2. The molecule has 1 amide bonds. The van der Waals surface area contributed by atoms with Crippen LogP contribution in [0.1, 0.15) is 45.7 Å². The lowest BCUT2D eigenvalue weighted by Crippen LogP contribution is -2.25. The minimum atomic E-state index is -0.597. The molecule has 1 aromatic heterocycles. The van der Waals surface area contributed by atoms with Crippen LogP contribution in [-0.2, 0) is 6.54 Å². The molecule has 0 aliphatic carbocycles. The third-order valence-corrected chi connectivity index (χ3v) is 4.17. The van der Waals surface area contributed by atoms with Crippen molar-refractivity contribution in [3.63, 3.8) is 0 Å². The van der Waals surface area contributed by atoms with Crippen LogP contribution in [0, 0.1) is 12.7 Å². The number of halogens is 1. The van der Waals surface area contributed by atoms with Crippen molar-refractivity contribution in [2.45, 2.75) is 32.7 Å². The van der Waals surface area contributed by atoms with Crippen LogP contribution in [0.3, 0.4) is 0 Å². The van der Waals surface area contributed by atoms with Crippen molar-refractivity contribution < 1.29 is 14.0 Å². The number of hydrogen-bond acceptors (Lipinski definition) is 2. The number of ketones is 1. The summed E-state index contributed by atoms with van der Waals surface area (Å²) in [6, 6.07) is 2.82. The largest absolute Gasteiger partial charge is 0.370 e. The van der Waals surface area contributed by atoms with Gasteiger partial charge in [-0.1, -0.05) is 0 Å². The Balaban J connectivity index is 2.37. The van der Waals surface area contributed by atoms with Crippen molar-refractivity contribution in [2.24, 2.45) is 16.5 Å². The van der Waals surface area contributed by atoms with Crippen LogP contribution >= 0.6 is 0 Å². The minimum Gasteiger partial charge on any atom is -0.370 e. The molecule has 0 saturated carbocycles. The molecule has 0 fully saturated rings. The number of rotatable bonds is 1. The Bertz CT molecular complexity index is 863. The number of nitrogens with two attached hydrogens (primary N) is 2. The fraction of sp³-hybridized carbons (Fsp3) is 0.312. The summed E-state index contributed by atoms with van der Waals surface area (Å²) in [7, 11) is 0. The van der Waals surface area contributed by atoms with Crippen molar-refractivity contribution >= 4 is 28.6 Å². The summed E-state index contributed by atoms with van der Waals surface area (Å²) < 4.78 is 15.9. The van der Waals surface area contributed by atoms with Gasteiger partial charge in [0.1, 0.15) is 11.5 Å². The Morgan fingerprint density at radius 1 is 1.30 bits per heavy atom. The Kier molecular flexibility index (Phi) is 3.63. The zero-order valence-electron chi connectivity index (χ0n) is 12.7. The molecule has 1 aliphatic heterocycles. The summed E-state index contributed by atoms with van der Waals surface area (Å²) in [5, 5.41) is 0.546. The van der Waals surface area contributed by atoms with Gasteiger partial charge in [0.15, 0.2) is 11.7 Å². The summed E-state index contributed by atoms with van der Waals surface area (Å²) in [6.07, 6.45) is 1.80. The van der Waals surface area contributed by atoms with E-state index < -0.39 is 11.7 Å². The highest BCUT2D eigenvalue weighted by atomic mass is 19.1. The monoisotopic (exact) mass is 316 g/mol. The lowest BCUT2D eigenvalue weighted by molar-refractivity contribution is 0.0969. The normalized spacial score (nSPS) is 14.4. The van der Waals surface area contributed by atoms with E-state index in [4.69, 9.17) is 11.5 Å². The van der Waals surface area contributed by atoms with Crippen LogP contribution in [0.25, 0.3) is 10.9 Å². The molecule has 0 unspecified atom stereocenters. The van der Waals surface area contributed by atoms with Crippen molar-refractivity contribution in [3.05, 3.63) is 34.8 Å². The number of benzene rings is 1. The van der Waals surface area contributed by atoms with Crippen molar-refractivity contribution in [2.75, 3.05) is 0 Å². The third-order valence-electron chi connectivity index (χ3n) is 4.17. The summed E-state index contributed by atoms with van der Waals surface area (Å²) in [5.74, 6) is -1.51. The number of Topliss-reactive ketones (excluding diaryl/α,β-unsaturated/α-hetero) is 1. The average Bonchev–Trinajstić information content (AvgIpc) is 2.84. The van der Waals surface area contributed by atoms with Crippen molar-refractivity contribution in [3.8, 4) is 0 Å². The maximum atomic E-state index is 14.2. The first-order valence-corrected chi connectivity index (χ1v) is 7.39. The van der Waals surface area contributed by atoms with Crippen LogP contribution in [0.2, 0.25) is 0 Å². The van der Waals surface area contributed by atoms with Gasteiger partial charge in [0.2, 0.25) is 0 Å². The fourth-order valence-corrected chi connectivity index (χ4v) is 3.04. The van der Waals surface area contributed by atoms with Gasteiger partial charge in [-0.05, 0) is 37.5 Å². The molecular weight excluding hydrogens is 299 g/mol. The van der Waals surface area contributed by atoms with E-state index in [0.717, 1.165) is 6.42 Å².